The van der Waals surface area contributed by atoms with Gasteiger partial charge >= 0.3 is 0 Å². The van der Waals surface area contributed by atoms with Gasteiger partial charge in [-0.3, -0.25) is 4.18 Å². The molecule has 0 fully saturated rings. The molecule has 0 saturated carbocycles. The van der Waals surface area contributed by atoms with E-state index in [-0.39, 0.29) is 11.5 Å². The van der Waals surface area contributed by atoms with Crippen molar-refractivity contribution < 1.29 is 16.8 Å². The molecule has 1 aromatic rings. The first kappa shape index (κ1) is 17.0. The Bertz CT molecular complexity index is 598. The van der Waals surface area contributed by atoms with Crippen molar-refractivity contribution in [1.82, 2.24) is 0 Å². The van der Waals surface area contributed by atoms with Gasteiger partial charge in [0.25, 0.3) is 10.1 Å². The second-order valence-corrected chi connectivity index (χ2v) is 8.75. The molecular weight excluding hydrogens is 298 g/mol. The maximum absolute atomic E-state index is 11.8. The number of hydrogen-bond acceptors (Lipinski definition) is 4. The van der Waals surface area contributed by atoms with Gasteiger partial charge in [0.2, 0.25) is 0 Å². The van der Waals surface area contributed by atoms with Gasteiger partial charge in [0.15, 0.2) is 0 Å². The molecule has 0 N–H and O–H groups in total. The molecule has 0 aromatic heterocycles. The maximum atomic E-state index is 11.8. The zero-order valence-electron chi connectivity index (χ0n) is 12.0. The maximum Gasteiger partial charge on any atom is 0.297 e. The van der Waals surface area contributed by atoms with E-state index in [1.807, 2.05) is 6.92 Å². The summed E-state index contributed by atoms with van der Waals surface area (Å²) in [5.41, 5.74) is 0.964. The second kappa shape index (κ2) is 6.60. The highest BCUT2D eigenvalue weighted by atomic mass is 32.2. The van der Waals surface area contributed by atoms with E-state index in [0.717, 1.165) is 5.56 Å². The van der Waals surface area contributed by atoms with Gasteiger partial charge < -0.3 is 0 Å². The lowest BCUT2D eigenvalue weighted by Crippen LogP contribution is -2.20. The molecule has 1 rings (SSSR count). The Morgan fingerprint density at radius 1 is 1.25 bits per heavy atom. The fourth-order valence-electron chi connectivity index (χ4n) is 1.15. The first-order valence-corrected chi connectivity index (χ1v) is 8.55. The van der Waals surface area contributed by atoms with Crippen LogP contribution in [0.4, 0.5) is 0 Å². The lowest BCUT2D eigenvalue weighted by Gasteiger charge is -2.12. The van der Waals surface area contributed by atoms with Gasteiger partial charge in [-0.05, 0) is 39.8 Å². The number of aryl methyl sites for hydroxylation is 1. The highest BCUT2D eigenvalue weighted by Gasteiger charge is 2.18. The highest BCUT2D eigenvalue weighted by Crippen LogP contribution is 2.13. The second-order valence-electron chi connectivity index (χ2n) is 5.20. The van der Waals surface area contributed by atoms with Crippen molar-refractivity contribution in [2.45, 2.75) is 37.3 Å². The summed E-state index contributed by atoms with van der Waals surface area (Å²) in [7, 11) is -5.22. The molecule has 20 heavy (non-hydrogen) atoms. The van der Waals surface area contributed by atoms with Crippen molar-refractivity contribution in [2.24, 2.45) is 4.40 Å². The minimum atomic E-state index is -3.80. The predicted octanol–water partition coefficient (Wildman–Crippen LogP) is 2.23. The van der Waals surface area contributed by atoms with Crippen LogP contribution >= 0.6 is 0 Å². The lowest BCUT2D eigenvalue weighted by molar-refractivity contribution is 0.371. The molecule has 7 heteroatoms. The third-order valence-electron chi connectivity index (χ3n) is 2.30. The molecule has 0 aliphatic rings. The minimum Gasteiger partial charge on any atom is -0.261 e. The Morgan fingerprint density at radius 2 is 1.80 bits per heavy atom. The van der Waals surface area contributed by atoms with E-state index >= 15 is 0 Å². The monoisotopic (exact) mass is 317 g/mol. The van der Waals surface area contributed by atoms with Crippen LogP contribution < -0.4 is 0 Å². The topological polar surface area (TPSA) is 72.8 Å². The van der Waals surface area contributed by atoms with Crippen molar-refractivity contribution in [3.8, 4) is 0 Å². The van der Waals surface area contributed by atoms with Crippen LogP contribution in [0, 0.1) is 6.92 Å². The average Bonchev–Trinajstić information content (AvgIpc) is 2.33. The quantitative estimate of drug-likeness (QED) is 0.616. The zero-order chi connectivity index (χ0) is 15.4. The first-order chi connectivity index (χ1) is 9.13. The average molecular weight is 317 g/mol. The lowest BCUT2D eigenvalue weighted by atomic mass is 10.2. The number of nitrogens with zero attached hydrogens (tertiary/aromatic N) is 1. The van der Waals surface area contributed by atoms with E-state index in [1.54, 1.807) is 32.9 Å². The van der Waals surface area contributed by atoms with Crippen molar-refractivity contribution >= 4 is 27.3 Å². The van der Waals surface area contributed by atoms with Crippen molar-refractivity contribution in [2.75, 3.05) is 6.61 Å². The summed E-state index contributed by atoms with van der Waals surface area (Å²) >= 11 is 0. The van der Waals surface area contributed by atoms with Gasteiger partial charge in [0.1, 0.15) is 17.6 Å². The Kier molecular flexibility index (Phi) is 5.61. The van der Waals surface area contributed by atoms with Crippen molar-refractivity contribution in [3.63, 3.8) is 0 Å². The summed E-state index contributed by atoms with van der Waals surface area (Å²) < 4.78 is 43.3. The Morgan fingerprint density at radius 3 is 2.30 bits per heavy atom. The van der Waals surface area contributed by atoms with Crippen LogP contribution in [0.5, 0.6) is 0 Å². The third-order valence-corrected chi connectivity index (χ3v) is 4.99. The van der Waals surface area contributed by atoms with E-state index in [2.05, 4.69) is 4.40 Å². The van der Waals surface area contributed by atoms with E-state index < -0.39 is 25.9 Å². The largest absolute Gasteiger partial charge is 0.297 e. The van der Waals surface area contributed by atoms with Crippen LogP contribution in [-0.4, -0.2) is 30.2 Å². The van der Waals surface area contributed by atoms with Crippen molar-refractivity contribution in [1.29, 1.82) is 0 Å². The third kappa shape index (κ3) is 5.15. The van der Waals surface area contributed by atoms with Crippen LogP contribution in [-0.2, 0) is 25.3 Å². The number of hydrogen-bond donors (Lipinski definition) is 0. The molecule has 1 unspecified atom stereocenters. The molecule has 0 aliphatic carbocycles. The first-order valence-electron chi connectivity index (χ1n) is 6.03. The summed E-state index contributed by atoms with van der Waals surface area (Å²) in [4.78, 5) is 0.0912. The molecule has 5 nitrogen and oxygen atoms in total. The number of rotatable bonds is 5. The molecule has 0 aliphatic heterocycles. The molecular formula is C13H19NO4S2. The van der Waals surface area contributed by atoms with Crippen LogP contribution in [0.3, 0.4) is 0 Å². The molecule has 0 amide bonds. The molecule has 0 heterocycles. The van der Waals surface area contributed by atoms with Gasteiger partial charge in [0, 0.05) is 6.21 Å². The van der Waals surface area contributed by atoms with Gasteiger partial charge in [-0.2, -0.15) is 12.8 Å². The normalized spacial score (nSPS) is 14.6. The Balaban J connectivity index is 2.63. The predicted molar refractivity (Wildman–Crippen MR) is 80.7 cm³/mol. The van der Waals surface area contributed by atoms with Gasteiger partial charge in [-0.1, -0.05) is 17.7 Å². The summed E-state index contributed by atoms with van der Waals surface area (Å²) in [6, 6.07) is 6.35. The molecule has 0 bridgehead atoms. The molecule has 1 aromatic carbocycles. The van der Waals surface area contributed by atoms with E-state index in [1.165, 1.54) is 18.3 Å². The Hall–Kier alpha value is -1.05. The number of benzene rings is 1. The SMILES string of the molecule is Cc1ccc(S(=O)(=O)OCC=NS(=O)C(C)(C)C)cc1. The summed E-state index contributed by atoms with van der Waals surface area (Å²) in [5, 5.41) is 0. The van der Waals surface area contributed by atoms with E-state index in [9.17, 15) is 12.6 Å². The molecule has 0 saturated heterocycles. The standard InChI is InChI=1S/C13H19NO4S2/c1-11-5-7-12(8-6-11)20(16,17)18-10-9-14-19(15)13(2,3)4/h5-9H,10H2,1-4H3. The van der Waals surface area contributed by atoms with E-state index in [0.29, 0.717) is 0 Å². The van der Waals surface area contributed by atoms with Crippen LogP contribution in [0.2, 0.25) is 0 Å². The fraction of sp³-hybridized carbons (Fsp3) is 0.462. The molecule has 1 atom stereocenters. The molecule has 0 radical (unpaired) electrons. The van der Waals surface area contributed by atoms with Gasteiger partial charge in [-0.25, -0.2) is 4.21 Å². The van der Waals surface area contributed by atoms with Crippen molar-refractivity contribution in [3.05, 3.63) is 29.8 Å². The highest BCUT2D eigenvalue weighted by molar-refractivity contribution is 7.86. The van der Waals surface area contributed by atoms with Gasteiger partial charge in [0.05, 0.1) is 9.64 Å². The van der Waals surface area contributed by atoms with Crippen LogP contribution in [0.15, 0.2) is 33.6 Å². The fourth-order valence-corrected chi connectivity index (χ4v) is 2.51. The van der Waals surface area contributed by atoms with Crippen LogP contribution in [0.25, 0.3) is 0 Å². The Labute approximate surface area is 122 Å². The van der Waals surface area contributed by atoms with E-state index in [4.69, 9.17) is 4.18 Å². The summed E-state index contributed by atoms with van der Waals surface area (Å²) in [6.07, 6.45) is 1.22. The molecule has 0 spiro atoms. The minimum absolute atomic E-state index is 0.0912. The van der Waals surface area contributed by atoms with Crippen LogP contribution in [0.1, 0.15) is 26.3 Å². The summed E-state index contributed by atoms with van der Waals surface area (Å²) in [6.45, 7) is 6.98. The zero-order valence-corrected chi connectivity index (χ0v) is 13.6. The smallest absolute Gasteiger partial charge is 0.261 e. The summed E-state index contributed by atoms with van der Waals surface area (Å²) in [5.74, 6) is 0. The molecule has 112 valence electrons. The van der Waals surface area contributed by atoms with Gasteiger partial charge in [-0.15, -0.1) is 0 Å².